The van der Waals surface area contributed by atoms with E-state index in [1.165, 1.54) is 4.88 Å². The Hall–Kier alpha value is -2.08. The van der Waals surface area contributed by atoms with E-state index in [1.54, 1.807) is 11.3 Å². The highest BCUT2D eigenvalue weighted by Gasteiger charge is 2.18. The number of hydrogen-bond acceptors (Lipinski definition) is 4. The molecule has 1 N–H and O–H groups in total. The standard InChI is InChI=1S/C17H22N2O3S/c1-4-7-18-16(20)11-22-17(21)15-9-12(2)19(13(15)3)10-14-6-5-8-23-14/h5-6,8-9H,4,7,10-11H2,1-3H3,(H,18,20). The van der Waals surface area contributed by atoms with Crippen LogP contribution in [-0.4, -0.2) is 29.6 Å². The number of thiophene rings is 1. The van der Waals surface area contributed by atoms with E-state index in [4.69, 9.17) is 4.74 Å². The molecule has 23 heavy (non-hydrogen) atoms. The van der Waals surface area contributed by atoms with Crippen molar-refractivity contribution in [2.45, 2.75) is 33.7 Å². The monoisotopic (exact) mass is 334 g/mol. The van der Waals surface area contributed by atoms with Gasteiger partial charge in [-0.1, -0.05) is 13.0 Å². The molecule has 2 heterocycles. The molecule has 0 unspecified atom stereocenters. The minimum absolute atomic E-state index is 0.243. The lowest BCUT2D eigenvalue weighted by Crippen LogP contribution is -2.29. The van der Waals surface area contributed by atoms with E-state index in [2.05, 4.69) is 16.0 Å². The maximum Gasteiger partial charge on any atom is 0.340 e. The van der Waals surface area contributed by atoms with Crippen LogP contribution in [0, 0.1) is 13.8 Å². The van der Waals surface area contributed by atoms with Gasteiger partial charge in [-0.2, -0.15) is 0 Å². The van der Waals surface area contributed by atoms with E-state index in [9.17, 15) is 9.59 Å². The normalized spacial score (nSPS) is 10.6. The van der Waals surface area contributed by atoms with Crippen molar-refractivity contribution in [2.24, 2.45) is 0 Å². The molecule has 0 aromatic carbocycles. The third-order valence-electron chi connectivity index (χ3n) is 3.59. The zero-order chi connectivity index (χ0) is 16.8. The Morgan fingerprint density at radius 2 is 2.13 bits per heavy atom. The molecule has 2 aromatic rings. The van der Waals surface area contributed by atoms with Crippen LogP contribution in [0.3, 0.4) is 0 Å². The predicted octanol–water partition coefficient (Wildman–Crippen LogP) is 2.90. The summed E-state index contributed by atoms with van der Waals surface area (Å²) in [5.41, 5.74) is 2.37. The van der Waals surface area contributed by atoms with Crippen molar-refractivity contribution in [3.8, 4) is 0 Å². The van der Waals surface area contributed by atoms with Crippen molar-refractivity contribution in [3.63, 3.8) is 0 Å². The lowest BCUT2D eigenvalue weighted by molar-refractivity contribution is -0.124. The molecular formula is C17H22N2O3S. The van der Waals surface area contributed by atoms with Crippen LogP contribution in [-0.2, 0) is 16.1 Å². The van der Waals surface area contributed by atoms with E-state index in [0.29, 0.717) is 12.1 Å². The number of esters is 1. The highest BCUT2D eigenvalue weighted by Crippen LogP contribution is 2.19. The lowest BCUT2D eigenvalue weighted by Gasteiger charge is -2.09. The number of carbonyl (C=O) groups excluding carboxylic acids is 2. The number of nitrogens with zero attached hydrogens (tertiary/aromatic N) is 1. The van der Waals surface area contributed by atoms with E-state index in [-0.39, 0.29) is 12.5 Å². The predicted molar refractivity (Wildman–Crippen MR) is 90.9 cm³/mol. The molecule has 0 atom stereocenters. The number of aromatic nitrogens is 1. The molecule has 0 aliphatic carbocycles. The summed E-state index contributed by atoms with van der Waals surface area (Å²) < 4.78 is 7.19. The van der Waals surface area contributed by atoms with Gasteiger partial charge in [-0.3, -0.25) is 4.79 Å². The first-order chi connectivity index (χ1) is 11.0. The number of nitrogens with one attached hydrogen (secondary N) is 1. The molecule has 0 aliphatic rings. The molecule has 0 fully saturated rings. The Bertz CT molecular complexity index is 674. The fourth-order valence-corrected chi connectivity index (χ4v) is 3.03. The minimum atomic E-state index is -0.456. The zero-order valence-electron chi connectivity index (χ0n) is 13.7. The van der Waals surface area contributed by atoms with Gasteiger partial charge in [0.1, 0.15) is 0 Å². The Kier molecular flexibility index (Phi) is 5.98. The number of carbonyl (C=O) groups is 2. The van der Waals surface area contributed by atoms with Crippen molar-refractivity contribution in [1.82, 2.24) is 9.88 Å². The van der Waals surface area contributed by atoms with Crippen LogP contribution >= 0.6 is 11.3 Å². The summed E-state index contributed by atoms with van der Waals surface area (Å²) in [4.78, 5) is 24.9. The third-order valence-corrected chi connectivity index (χ3v) is 4.46. The van der Waals surface area contributed by atoms with Crippen LogP contribution in [0.1, 0.15) is 40.0 Å². The van der Waals surface area contributed by atoms with Crippen LogP contribution in [0.25, 0.3) is 0 Å². The summed E-state index contributed by atoms with van der Waals surface area (Å²) in [6, 6.07) is 5.90. The molecule has 0 spiro atoms. The molecule has 0 saturated heterocycles. The number of ether oxygens (including phenoxy) is 1. The quantitative estimate of drug-likeness (QED) is 0.792. The Morgan fingerprint density at radius 1 is 1.35 bits per heavy atom. The first-order valence-corrected chi connectivity index (χ1v) is 8.53. The fourth-order valence-electron chi connectivity index (χ4n) is 2.33. The van der Waals surface area contributed by atoms with Gasteiger partial charge in [0.15, 0.2) is 6.61 Å². The zero-order valence-corrected chi connectivity index (χ0v) is 14.5. The molecule has 5 nitrogen and oxygen atoms in total. The van der Waals surface area contributed by atoms with Crippen LogP contribution in [0.15, 0.2) is 23.6 Å². The average Bonchev–Trinajstić information content (AvgIpc) is 3.14. The van der Waals surface area contributed by atoms with E-state index >= 15 is 0 Å². The first kappa shape index (κ1) is 17.3. The van der Waals surface area contributed by atoms with Gasteiger partial charge in [-0.25, -0.2) is 4.79 Å². The highest BCUT2D eigenvalue weighted by atomic mass is 32.1. The Balaban J connectivity index is 2.02. The molecule has 0 saturated carbocycles. The fraction of sp³-hybridized carbons (Fsp3) is 0.412. The number of amides is 1. The SMILES string of the molecule is CCCNC(=O)COC(=O)c1cc(C)n(Cc2cccs2)c1C. The Morgan fingerprint density at radius 3 is 2.78 bits per heavy atom. The Labute approximate surface area is 140 Å². The second kappa shape index (κ2) is 7.97. The second-order valence-corrected chi connectivity index (χ2v) is 6.41. The van der Waals surface area contributed by atoms with E-state index in [1.807, 2.05) is 38.3 Å². The maximum atomic E-state index is 12.2. The molecule has 0 bridgehead atoms. The molecular weight excluding hydrogens is 312 g/mol. The van der Waals surface area contributed by atoms with Crippen molar-refractivity contribution in [2.75, 3.05) is 13.2 Å². The van der Waals surface area contributed by atoms with Gasteiger partial charge in [0.25, 0.3) is 5.91 Å². The van der Waals surface area contributed by atoms with Gasteiger partial charge in [-0.05, 0) is 37.8 Å². The molecule has 1 amide bonds. The summed E-state index contributed by atoms with van der Waals surface area (Å²) in [7, 11) is 0. The van der Waals surface area contributed by atoms with Crippen molar-refractivity contribution >= 4 is 23.2 Å². The molecule has 124 valence electrons. The third kappa shape index (κ3) is 4.45. The maximum absolute atomic E-state index is 12.2. The highest BCUT2D eigenvalue weighted by molar-refractivity contribution is 7.09. The van der Waals surface area contributed by atoms with Gasteiger partial charge in [-0.15, -0.1) is 11.3 Å². The van der Waals surface area contributed by atoms with Crippen molar-refractivity contribution < 1.29 is 14.3 Å². The van der Waals surface area contributed by atoms with Crippen LogP contribution in [0.2, 0.25) is 0 Å². The van der Waals surface area contributed by atoms with Gasteiger partial charge in [0.05, 0.1) is 12.1 Å². The minimum Gasteiger partial charge on any atom is -0.452 e. The summed E-state index contributed by atoms with van der Waals surface area (Å²) in [5, 5.41) is 4.72. The molecule has 0 aliphatic heterocycles. The average molecular weight is 334 g/mol. The largest absolute Gasteiger partial charge is 0.452 e. The van der Waals surface area contributed by atoms with Gasteiger partial charge in [0, 0.05) is 22.8 Å². The summed E-state index contributed by atoms with van der Waals surface area (Å²) in [6.45, 7) is 6.91. The van der Waals surface area contributed by atoms with Crippen LogP contribution in [0.4, 0.5) is 0 Å². The molecule has 6 heteroatoms. The topological polar surface area (TPSA) is 60.3 Å². The van der Waals surface area contributed by atoms with Crippen molar-refractivity contribution in [1.29, 1.82) is 0 Å². The van der Waals surface area contributed by atoms with Gasteiger partial charge < -0.3 is 14.6 Å². The summed E-state index contributed by atoms with van der Waals surface area (Å²) >= 11 is 1.68. The first-order valence-electron chi connectivity index (χ1n) is 7.65. The molecule has 2 rings (SSSR count). The number of hydrogen-bond donors (Lipinski definition) is 1. The van der Waals surface area contributed by atoms with Crippen molar-refractivity contribution in [3.05, 3.63) is 45.4 Å². The van der Waals surface area contributed by atoms with E-state index < -0.39 is 5.97 Å². The van der Waals surface area contributed by atoms with Gasteiger partial charge >= 0.3 is 5.97 Å². The second-order valence-electron chi connectivity index (χ2n) is 5.38. The van der Waals surface area contributed by atoms with Gasteiger partial charge in [0.2, 0.25) is 0 Å². The number of rotatable bonds is 7. The van der Waals surface area contributed by atoms with Crippen LogP contribution in [0.5, 0.6) is 0 Å². The molecule has 2 aromatic heterocycles. The smallest absolute Gasteiger partial charge is 0.340 e. The lowest BCUT2D eigenvalue weighted by atomic mass is 10.2. The summed E-state index contributed by atoms with van der Waals surface area (Å²) in [5.74, 6) is -0.727. The molecule has 0 radical (unpaired) electrons. The summed E-state index contributed by atoms with van der Waals surface area (Å²) in [6.07, 6.45) is 0.851. The van der Waals surface area contributed by atoms with Crippen LogP contribution < -0.4 is 5.32 Å². The van der Waals surface area contributed by atoms with E-state index in [0.717, 1.165) is 24.4 Å². The number of aryl methyl sites for hydroxylation is 1.